The number of esters is 1. The van der Waals surface area contributed by atoms with E-state index in [2.05, 4.69) is 0 Å². The molecule has 0 aliphatic carbocycles. The summed E-state index contributed by atoms with van der Waals surface area (Å²) in [6, 6.07) is 13.3. The van der Waals surface area contributed by atoms with Crippen molar-refractivity contribution < 1.29 is 19.0 Å². The molecule has 2 aromatic rings. The van der Waals surface area contributed by atoms with Gasteiger partial charge < -0.3 is 14.2 Å². The third-order valence-corrected chi connectivity index (χ3v) is 3.49. The molecule has 2 rings (SSSR count). The highest BCUT2D eigenvalue weighted by atomic mass is 16.6. The summed E-state index contributed by atoms with van der Waals surface area (Å²) >= 11 is 0. The quantitative estimate of drug-likeness (QED) is 0.463. The van der Waals surface area contributed by atoms with Crippen LogP contribution in [0.4, 0.5) is 0 Å². The van der Waals surface area contributed by atoms with Crippen LogP contribution in [0.5, 0.6) is 5.75 Å². The second-order valence-corrected chi connectivity index (χ2v) is 5.24. The zero-order valence-electron chi connectivity index (χ0n) is 13.9. The Kier molecular flexibility index (Phi) is 5.94. The maximum Gasteiger partial charge on any atom is 0.349 e. The molecule has 0 aromatic heterocycles. The van der Waals surface area contributed by atoms with Crippen LogP contribution < -0.4 is 4.74 Å². The summed E-state index contributed by atoms with van der Waals surface area (Å²) in [5.74, 6) is -0.101. The summed E-state index contributed by atoms with van der Waals surface area (Å²) in [6.07, 6.45) is 1.07. The van der Waals surface area contributed by atoms with Crippen molar-refractivity contribution in [2.45, 2.75) is 13.0 Å². The molecular weight excluding hydrogens is 306 g/mol. The Morgan fingerprint density at radius 3 is 2.67 bits per heavy atom. The van der Waals surface area contributed by atoms with E-state index in [-0.39, 0.29) is 12.2 Å². The van der Waals surface area contributed by atoms with Gasteiger partial charge in [0.25, 0.3) is 0 Å². The van der Waals surface area contributed by atoms with Crippen molar-refractivity contribution in [2.75, 3.05) is 20.8 Å². The first kappa shape index (κ1) is 17.5. The van der Waals surface area contributed by atoms with E-state index in [9.17, 15) is 10.1 Å². The predicted octanol–water partition coefficient (Wildman–Crippen LogP) is 3.33. The molecule has 0 bridgehead atoms. The number of carbonyl (C=O) groups is 1. The van der Waals surface area contributed by atoms with Gasteiger partial charge in [0.2, 0.25) is 0 Å². The van der Waals surface area contributed by atoms with E-state index in [1.54, 1.807) is 14.0 Å². The fourth-order valence-electron chi connectivity index (χ4n) is 2.40. The average molecular weight is 325 g/mol. The normalized spacial score (nSPS) is 12.5. The van der Waals surface area contributed by atoms with Gasteiger partial charge in [-0.2, -0.15) is 5.26 Å². The van der Waals surface area contributed by atoms with Crippen LogP contribution in [-0.2, 0) is 14.3 Å². The number of fused-ring (bicyclic) bond motifs is 1. The van der Waals surface area contributed by atoms with E-state index in [4.69, 9.17) is 14.2 Å². The lowest BCUT2D eigenvalue weighted by molar-refractivity contribution is -0.145. The third-order valence-electron chi connectivity index (χ3n) is 3.49. The van der Waals surface area contributed by atoms with Crippen LogP contribution in [0.2, 0.25) is 0 Å². The lowest BCUT2D eigenvalue weighted by atomic mass is 10.0. The van der Waals surface area contributed by atoms with Crippen LogP contribution in [0.15, 0.2) is 42.0 Å². The van der Waals surface area contributed by atoms with Gasteiger partial charge in [0.05, 0.1) is 13.7 Å². The topological polar surface area (TPSA) is 68.5 Å². The van der Waals surface area contributed by atoms with Crippen LogP contribution in [0, 0.1) is 11.3 Å². The molecule has 0 spiro atoms. The molecule has 5 heteroatoms. The Balaban J connectivity index is 2.45. The van der Waals surface area contributed by atoms with Crippen molar-refractivity contribution in [2.24, 2.45) is 0 Å². The van der Waals surface area contributed by atoms with Gasteiger partial charge in [0, 0.05) is 12.7 Å². The standard InChI is InChI=1S/C19H19NO4/c1-13(12-22-2)24-19(21)15(11-20)10-17-16-7-5-4-6-14(16)8-9-18(17)23-3/h4-10,13H,12H2,1-3H3/b15-10+/t13-/m1/s1. The fraction of sp³-hybridized carbons (Fsp3) is 0.263. The van der Waals surface area contributed by atoms with Crippen LogP contribution in [0.3, 0.4) is 0 Å². The van der Waals surface area contributed by atoms with Crippen LogP contribution in [-0.4, -0.2) is 32.9 Å². The second-order valence-electron chi connectivity index (χ2n) is 5.24. The van der Waals surface area contributed by atoms with E-state index in [1.807, 2.05) is 42.5 Å². The lowest BCUT2D eigenvalue weighted by Gasteiger charge is -2.12. The number of hydrogen-bond acceptors (Lipinski definition) is 5. The minimum Gasteiger partial charge on any atom is -0.496 e. The van der Waals surface area contributed by atoms with Gasteiger partial charge in [-0.15, -0.1) is 0 Å². The maximum absolute atomic E-state index is 12.2. The predicted molar refractivity (Wildman–Crippen MR) is 91.5 cm³/mol. The van der Waals surface area contributed by atoms with Crippen molar-refractivity contribution in [1.29, 1.82) is 5.26 Å². The number of hydrogen-bond donors (Lipinski definition) is 0. The molecule has 0 aliphatic heterocycles. The Morgan fingerprint density at radius 1 is 1.25 bits per heavy atom. The molecule has 0 aliphatic rings. The first-order valence-corrected chi connectivity index (χ1v) is 7.48. The molecule has 0 amide bonds. The van der Waals surface area contributed by atoms with E-state index in [1.165, 1.54) is 13.2 Å². The molecule has 0 unspecified atom stereocenters. The van der Waals surface area contributed by atoms with Crippen molar-refractivity contribution in [3.05, 3.63) is 47.5 Å². The smallest absolute Gasteiger partial charge is 0.349 e. The molecule has 24 heavy (non-hydrogen) atoms. The van der Waals surface area contributed by atoms with Crippen molar-refractivity contribution in [3.63, 3.8) is 0 Å². The Bertz CT molecular complexity index is 805. The largest absolute Gasteiger partial charge is 0.496 e. The molecule has 0 N–H and O–H groups in total. The number of nitriles is 1. The van der Waals surface area contributed by atoms with E-state index in [0.717, 1.165) is 10.8 Å². The highest BCUT2D eigenvalue weighted by Gasteiger charge is 2.16. The molecule has 2 aromatic carbocycles. The number of benzene rings is 2. The van der Waals surface area contributed by atoms with Gasteiger partial charge in [0.15, 0.2) is 0 Å². The van der Waals surface area contributed by atoms with E-state index < -0.39 is 12.1 Å². The molecule has 0 radical (unpaired) electrons. The zero-order valence-corrected chi connectivity index (χ0v) is 13.9. The number of methoxy groups -OCH3 is 2. The number of rotatable bonds is 6. The highest BCUT2D eigenvalue weighted by molar-refractivity contribution is 6.02. The Labute approximate surface area is 141 Å². The molecule has 5 nitrogen and oxygen atoms in total. The van der Waals surface area contributed by atoms with Gasteiger partial charge in [-0.05, 0) is 29.8 Å². The van der Waals surface area contributed by atoms with Crippen molar-refractivity contribution in [3.8, 4) is 11.8 Å². The lowest BCUT2D eigenvalue weighted by Crippen LogP contribution is -2.20. The summed E-state index contributed by atoms with van der Waals surface area (Å²) in [7, 11) is 3.07. The first-order valence-electron chi connectivity index (χ1n) is 7.48. The summed E-state index contributed by atoms with van der Waals surface area (Å²) in [5.41, 5.74) is 0.580. The van der Waals surface area contributed by atoms with Gasteiger partial charge >= 0.3 is 5.97 Å². The van der Waals surface area contributed by atoms with Crippen LogP contribution >= 0.6 is 0 Å². The Hall–Kier alpha value is -2.84. The number of ether oxygens (including phenoxy) is 3. The highest BCUT2D eigenvalue weighted by Crippen LogP contribution is 2.30. The minimum atomic E-state index is -0.683. The zero-order chi connectivity index (χ0) is 17.5. The average Bonchev–Trinajstić information content (AvgIpc) is 2.59. The van der Waals surface area contributed by atoms with Gasteiger partial charge in [-0.3, -0.25) is 0 Å². The molecule has 0 heterocycles. The van der Waals surface area contributed by atoms with E-state index >= 15 is 0 Å². The van der Waals surface area contributed by atoms with Crippen LogP contribution in [0.1, 0.15) is 12.5 Å². The minimum absolute atomic E-state index is 0.0902. The molecule has 0 saturated carbocycles. The number of carbonyl (C=O) groups excluding carboxylic acids is 1. The van der Waals surface area contributed by atoms with Gasteiger partial charge in [-0.1, -0.05) is 30.3 Å². The SMILES string of the molecule is COC[C@@H](C)OC(=O)/C(C#N)=C/c1c(OC)ccc2ccccc12. The monoisotopic (exact) mass is 325 g/mol. The summed E-state index contributed by atoms with van der Waals surface area (Å²) < 4.78 is 15.5. The van der Waals surface area contributed by atoms with Gasteiger partial charge in [0.1, 0.15) is 23.5 Å². The second kappa shape index (κ2) is 8.14. The van der Waals surface area contributed by atoms with Crippen LogP contribution in [0.25, 0.3) is 16.8 Å². The van der Waals surface area contributed by atoms with Gasteiger partial charge in [-0.25, -0.2) is 4.79 Å². The van der Waals surface area contributed by atoms with Crippen molar-refractivity contribution >= 4 is 22.8 Å². The maximum atomic E-state index is 12.2. The fourth-order valence-corrected chi connectivity index (χ4v) is 2.40. The molecule has 0 saturated heterocycles. The van der Waals surface area contributed by atoms with E-state index in [0.29, 0.717) is 11.3 Å². The summed E-state index contributed by atoms with van der Waals surface area (Å²) in [5, 5.41) is 11.2. The molecule has 124 valence electrons. The molecule has 1 atom stereocenters. The van der Waals surface area contributed by atoms with Crippen molar-refractivity contribution in [1.82, 2.24) is 0 Å². The molecular formula is C19H19NO4. The third kappa shape index (κ3) is 3.92. The first-order chi connectivity index (χ1) is 11.6. The number of nitrogens with zero attached hydrogens (tertiary/aromatic N) is 1. The summed E-state index contributed by atoms with van der Waals surface area (Å²) in [6.45, 7) is 1.97. The molecule has 0 fully saturated rings. The Morgan fingerprint density at radius 2 is 2.00 bits per heavy atom. The summed E-state index contributed by atoms with van der Waals surface area (Å²) in [4.78, 5) is 12.2.